The van der Waals surface area contributed by atoms with E-state index in [2.05, 4.69) is 10.2 Å². The largest absolute Gasteiger partial charge is 0.455 e. The normalized spacial score (nSPS) is 32.0. The van der Waals surface area contributed by atoms with Crippen molar-refractivity contribution in [2.75, 3.05) is 0 Å². The minimum Gasteiger partial charge on any atom is -0.455 e. The van der Waals surface area contributed by atoms with Gasteiger partial charge in [0.25, 0.3) is 5.89 Å². The van der Waals surface area contributed by atoms with Crippen molar-refractivity contribution >= 4 is 17.6 Å². The highest BCUT2D eigenvalue weighted by atomic mass is 35.5. The van der Waals surface area contributed by atoms with Crippen LogP contribution in [0, 0.1) is 23.2 Å². The average molecular weight is 373 g/mol. The van der Waals surface area contributed by atoms with Crippen molar-refractivity contribution in [2.45, 2.75) is 45.1 Å². The predicted molar refractivity (Wildman–Crippen MR) is 95.1 cm³/mol. The third kappa shape index (κ3) is 2.82. The van der Waals surface area contributed by atoms with E-state index in [1.54, 1.807) is 12.1 Å². The van der Waals surface area contributed by atoms with Crippen LogP contribution in [0.5, 0.6) is 0 Å². The van der Waals surface area contributed by atoms with Gasteiger partial charge in [-0.2, -0.15) is 0 Å². The molecule has 26 heavy (non-hydrogen) atoms. The Labute approximate surface area is 157 Å². The summed E-state index contributed by atoms with van der Waals surface area (Å²) in [5.74, 6) is 2.81. The molecule has 0 N–H and O–H groups in total. The van der Waals surface area contributed by atoms with Crippen molar-refractivity contribution in [2.24, 2.45) is 23.2 Å². The number of nitrogens with zero attached hydrogens (tertiary/aromatic N) is 2. The van der Waals surface area contributed by atoms with E-state index >= 15 is 0 Å². The molecule has 0 unspecified atom stereocenters. The van der Waals surface area contributed by atoms with E-state index in [9.17, 15) is 4.79 Å². The second-order valence-electron chi connectivity index (χ2n) is 8.28. The lowest BCUT2D eigenvalue weighted by molar-refractivity contribution is -0.173. The molecule has 4 aliphatic carbocycles. The van der Waals surface area contributed by atoms with E-state index in [0.29, 0.717) is 34.6 Å². The Morgan fingerprint density at radius 3 is 2.31 bits per heavy atom. The second kappa shape index (κ2) is 6.08. The van der Waals surface area contributed by atoms with Crippen molar-refractivity contribution in [1.82, 2.24) is 10.2 Å². The molecule has 136 valence electrons. The lowest BCUT2D eigenvalue weighted by Gasteiger charge is -2.55. The second-order valence-corrected chi connectivity index (χ2v) is 8.72. The SMILES string of the molecule is O=C(OCc1nnc(-c2ccc(Cl)cc2)o1)C12CC3CC(CC(C3)C1)C2. The molecule has 1 heterocycles. The maximum Gasteiger partial charge on any atom is 0.312 e. The summed E-state index contributed by atoms with van der Waals surface area (Å²) in [6.07, 6.45) is 6.91. The molecule has 1 aromatic carbocycles. The molecule has 0 aliphatic heterocycles. The third-order valence-electron chi connectivity index (χ3n) is 6.36. The topological polar surface area (TPSA) is 65.2 Å². The Morgan fingerprint density at radius 2 is 1.69 bits per heavy atom. The summed E-state index contributed by atoms with van der Waals surface area (Å²) in [6.45, 7) is 0.0428. The Bertz CT molecular complexity index is 795. The van der Waals surface area contributed by atoms with Crippen molar-refractivity contribution in [3.8, 4) is 11.5 Å². The van der Waals surface area contributed by atoms with Gasteiger partial charge in [-0.15, -0.1) is 10.2 Å². The molecule has 2 aromatic rings. The molecule has 4 saturated carbocycles. The van der Waals surface area contributed by atoms with Gasteiger partial charge in [0.05, 0.1) is 5.41 Å². The minimum absolute atomic E-state index is 0.0428. The highest BCUT2D eigenvalue weighted by Crippen LogP contribution is 2.60. The molecule has 1 aromatic heterocycles. The average Bonchev–Trinajstić information content (AvgIpc) is 3.08. The molecule has 6 heteroatoms. The molecule has 0 saturated heterocycles. The van der Waals surface area contributed by atoms with Crippen LogP contribution in [0.25, 0.3) is 11.5 Å². The van der Waals surface area contributed by atoms with Crippen LogP contribution >= 0.6 is 11.6 Å². The van der Waals surface area contributed by atoms with Gasteiger partial charge in [0, 0.05) is 10.6 Å². The summed E-state index contributed by atoms with van der Waals surface area (Å²) in [5.41, 5.74) is 0.536. The number of aromatic nitrogens is 2. The highest BCUT2D eigenvalue weighted by molar-refractivity contribution is 6.30. The van der Waals surface area contributed by atoms with Crippen LogP contribution in [0.15, 0.2) is 28.7 Å². The number of benzene rings is 1. The van der Waals surface area contributed by atoms with Gasteiger partial charge in [-0.25, -0.2) is 0 Å². The van der Waals surface area contributed by atoms with E-state index in [-0.39, 0.29) is 18.0 Å². The number of ether oxygens (including phenoxy) is 1. The zero-order valence-electron chi connectivity index (χ0n) is 14.5. The van der Waals surface area contributed by atoms with Gasteiger partial charge in [-0.1, -0.05) is 11.6 Å². The number of halogens is 1. The van der Waals surface area contributed by atoms with Crippen LogP contribution in [0.1, 0.15) is 44.4 Å². The minimum atomic E-state index is -0.256. The van der Waals surface area contributed by atoms with Gasteiger partial charge in [-0.05, 0) is 80.5 Å². The summed E-state index contributed by atoms with van der Waals surface area (Å²) in [4.78, 5) is 12.9. The van der Waals surface area contributed by atoms with Crippen LogP contribution in [-0.4, -0.2) is 16.2 Å². The number of hydrogen-bond acceptors (Lipinski definition) is 5. The highest BCUT2D eigenvalue weighted by Gasteiger charge is 2.55. The van der Waals surface area contributed by atoms with Gasteiger partial charge in [0.1, 0.15) is 0 Å². The first-order valence-electron chi connectivity index (χ1n) is 9.35. The monoisotopic (exact) mass is 372 g/mol. The van der Waals surface area contributed by atoms with Crippen LogP contribution in [0.4, 0.5) is 0 Å². The first-order valence-corrected chi connectivity index (χ1v) is 9.73. The summed E-state index contributed by atoms with van der Waals surface area (Å²) in [5, 5.41) is 8.69. The van der Waals surface area contributed by atoms with Crippen molar-refractivity contribution < 1.29 is 13.9 Å². The fraction of sp³-hybridized carbons (Fsp3) is 0.550. The maximum atomic E-state index is 12.9. The Kier molecular flexibility index (Phi) is 3.82. The Morgan fingerprint density at radius 1 is 1.08 bits per heavy atom. The zero-order chi connectivity index (χ0) is 17.7. The fourth-order valence-electron chi connectivity index (χ4n) is 5.66. The number of carbonyl (C=O) groups is 1. The molecule has 4 bridgehead atoms. The number of rotatable bonds is 4. The van der Waals surface area contributed by atoms with Crippen molar-refractivity contribution in [3.05, 3.63) is 35.2 Å². The van der Waals surface area contributed by atoms with Crippen LogP contribution in [0.2, 0.25) is 5.02 Å². The maximum absolute atomic E-state index is 12.9. The molecule has 6 rings (SSSR count). The first kappa shape index (κ1) is 16.3. The summed E-state index contributed by atoms with van der Waals surface area (Å²) >= 11 is 5.89. The summed E-state index contributed by atoms with van der Waals surface area (Å²) < 4.78 is 11.3. The van der Waals surface area contributed by atoms with Gasteiger partial charge in [0.2, 0.25) is 5.89 Å². The quantitative estimate of drug-likeness (QED) is 0.731. The molecule has 4 fully saturated rings. The number of carbonyl (C=O) groups excluding carboxylic acids is 1. The molecular formula is C20H21ClN2O3. The van der Waals surface area contributed by atoms with Crippen LogP contribution in [0.3, 0.4) is 0 Å². The molecule has 0 atom stereocenters. The Hall–Kier alpha value is -1.88. The van der Waals surface area contributed by atoms with E-state index in [0.717, 1.165) is 24.8 Å². The van der Waals surface area contributed by atoms with Crippen LogP contribution < -0.4 is 0 Å². The standard InChI is InChI=1S/C20H21ClN2O3/c21-16-3-1-15(2-4-16)18-23-22-17(26-18)11-25-19(24)20-8-12-5-13(9-20)7-14(6-12)10-20/h1-4,12-14H,5-11H2. The molecule has 0 amide bonds. The number of hydrogen-bond donors (Lipinski definition) is 0. The van der Waals surface area contributed by atoms with E-state index in [1.807, 2.05) is 12.1 Å². The first-order chi connectivity index (χ1) is 12.6. The van der Waals surface area contributed by atoms with Gasteiger partial charge < -0.3 is 9.15 Å². The smallest absolute Gasteiger partial charge is 0.312 e. The molecule has 5 nitrogen and oxygen atoms in total. The van der Waals surface area contributed by atoms with E-state index in [1.165, 1.54) is 19.3 Å². The third-order valence-corrected chi connectivity index (χ3v) is 6.61. The number of esters is 1. The van der Waals surface area contributed by atoms with E-state index < -0.39 is 0 Å². The lowest BCUT2D eigenvalue weighted by Crippen LogP contribution is -2.50. The van der Waals surface area contributed by atoms with Gasteiger partial charge >= 0.3 is 5.97 Å². The molecule has 0 spiro atoms. The predicted octanol–water partition coefficient (Wildman–Crippen LogP) is 4.65. The van der Waals surface area contributed by atoms with E-state index in [4.69, 9.17) is 20.8 Å². The van der Waals surface area contributed by atoms with Gasteiger partial charge in [0.15, 0.2) is 6.61 Å². The summed E-state index contributed by atoms with van der Waals surface area (Å²) in [6, 6.07) is 7.18. The van der Waals surface area contributed by atoms with Crippen molar-refractivity contribution in [3.63, 3.8) is 0 Å². The lowest BCUT2D eigenvalue weighted by atomic mass is 9.49. The molecule has 4 aliphatic rings. The molecule has 0 radical (unpaired) electrons. The van der Waals surface area contributed by atoms with Crippen molar-refractivity contribution in [1.29, 1.82) is 0 Å². The zero-order valence-corrected chi connectivity index (χ0v) is 15.2. The van der Waals surface area contributed by atoms with Gasteiger partial charge in [-0.3, -0.25) is 4.79 Å². The Balaban J connectivity index is 1.25. The molecular weight excluding hydrogens is 352 g/mol. The summed E-state index contributed by atoms with van der Waals surface area (Å²) in [7, 11) is 0. The van der Waals surface area contributed by atoms with Crippen LogP contribution in [-0.2, 0) is 16.1 Å². The fourth-order valence-corrected chi connectivity index (χ4v) is 5.79.